The second-order valence-corrected chi connectivity index (χ2v) is 7.27. The number of halogens is 2. The third-order valence-corrected chi connectivity index (χ3v) is 5.26. The van der Waals surface area contributed by atoms with Crippen molar-refractivity contribution < 1.29 is 13.6 Å². The number of nitrogens with one attached hydrogen (secondary N) is 1. The summed E-state index contributed by atoms with van der Waals surface area (Å²) in [6.45, 7) is 0. The van der Waals surface area contributed by atoms with Crippen molar-refractivity contribution in [3.8, 4) is 0 Å². The van der Waals surface area contributed by atoms with Gasteiger partial charge >= 0.3 is 0 Å². The SMILES string of the molecule is N[C@@H]1CCC[C@H]1CC(=O)Nc1ncc(Cc2ccc(F)cc2F)s1. The molecule has 1 saturated carbocycles. The average Bonchev–Trinajstić information content (AvgIpc) is 3.12. The molecule has 0 radical (unpaired) electrons. The molecule has 0 unspecified atom stereocenters. The smallest absolute Gasteiger partial charge is 0.226 e. The predicted molar refractivity (Wildman–Crippen MR) is 89.8 cm³/mol. The zero-order valence-electron chi connectivity index (χ0n) is 13.1. The molecular weight excluding hydrogens is 332 g/mol. The molecular formula is C17H19F2N3OS. The third-order valence-electron chi connectivity index (χ3n) is 4.35. The molecule has 4 nitrogen and oxygen atoms in total. The van der Waals surface area contributed by atoms with Gasteiger partial charge in [0, 0.05) is 36.0 Å². The lowest BCUT2D eigenvalue weighted by Crippen LogP contribution is -2.28. The molecule has 1 fully saturated rings. The second-order valence-electron chi connectivity index (χ2n) is 6.15. The summed E-state index contributed by atoms with van der Waals surface area (Å²) in [6.07, 6.45) is 5.36. The summed E-state index contributed by atoms with van der Waals surface area (Å²) in [5.41, 5.74) is 6.38. The Hall–Kier alpha value is -1.86. The summed E-state index contributed by atoms with van der Waals surface area (Å²) < 4.78 is 26.6. The normalized spacial score (nSPS) is 20.3. The molecule has 3 rings (SSSR count). The number of anilines is 1. The Balaban J connectivity index is 1.58. The van der Waals surface area contributed by atoms with Crippen molar-refractivity contribution in [1.29, 1.82) is 0 Å². The number of rotatable bonds is 5. The summed E-state index contributed by atoms with van der Waals surface area (Å²) >= 11 is 1.29. The molecule has 3 N–H and O–H groups in total. The van der Waals surface area contributed by atoms with Crippen molar-refractivity contribution in [2.75, 3.05) is 5.32 Å². The Labute approximate surface area is 143 Å². The van der Waals surface area contributed by atoms with Gasteiger partial charge in [0.15, 0.2) is 5.13 Å². The van der Waals surface area contributed by atoms with Crippen molar-refractivity contribution in [2.45, 2.75) is 38.1 Å². The third kappa shape index (κ3) is 4.15. The van der Waals surface area contributed by atoms with Crippen LogP contribution in [0.2, 0.25) is 0 Å². The van der Waals surface area contributed by atoms with Crippen LogP contribution in [0.15, 0.2) is 24.4 Å². The lowest BCUT2D eigenvalue weighted by atomic mass is 10.00. The Morgan fingerprint density at radius 1 is 1.38 bits per heavy atom. The molecule has 128 valence electrons. The Bertz CT molecular complexity index is 734. The second kappa shape index (κ2) is 7.36. The molecule has 0 saturated heterocycles. The van der Waals surface area contributed by atoms with E-state index < -0.39 is 11.6 Å². The molecule has 1 heterocycles. The van der Waals surface area contributed by atoms with Gasteiger partial charge in [0.25, 0.3) is 0 Å². The van der Waals surface area contributed by atoms with Gasteiger partial charge in [-0.15, -0.1) is 11.3 Å². The highest BCUT2D eigenvalue weighted by Crippen LogP contribution is 2.28. The van der Waals surface area contributed by atoms with Gasteiger partial charge in [-0.05, 0) is 30.4 Å². The van der Waals surface area contributed by atoms with E-state index >= 15 is 0 Å². The fourth-order valence-electron chi connectivity index (χ4n) is 3.03. The van der Waals surface area contributed by atoms with Gasteiger partial charge in [-0.1, -0.05) is 12.5 Å². The van der Waals surface area contributed by atoms with Crippen LogP contribution < -0.4 is 11.1 Å². The maximum absolute atomic E-state index is 13.7. The molecule has 7 heteroatoms. The standard InChI is InChI=1S/C17H19F2N3OS/c18-12-5-4-10(14(19)8-12)6-13-9-21-17(24-13)22-16(23)7-11-2-1-3-15(11)20/h4-5,8-9,11,15H,1-3,6-7,20H2,(H,21,22,23)/t11-,15+/m0/s1. The maximum Gasteiger partial charge on any atom is 0.226 e. The van der Waals surface area contributed by atoms with E-state index in [0.717, 1.165) is 30.2 Å². The van der Waals surface area contributed by atoms with E-state index in [-0.39, 0.29) is 17.9 Å². The maximum atomic E-state index is 13.7. The summed E-state index contributed by atoms with van der Waals surface area (Å²) in [6, 6.07) is 3.62. The van der Waals surface area contributed by atoms with Crippen LogP contribution in [0.3, 0.4) is 0 Å². The average molecular weight is 351 g/mol. The molecule has 2 atom stereocenters. The number of aromatic nitrogens is 1. The quantitative estimate of drug-likeness (QED) is 0.867. The zero-order valence-corrected chi connectivity index (χ0v) is 13.9. The highest BCUT2D eigenvalue weighted by molar-refractivity contribution is 7.15. The van der Waals surface area contributed by atoms with Gasteiger partial charge in [0.1, 0.15) is 11.6 Å². The van der Waals surface area contributed by atoms with E-state index in [4.69, 9.17) is 5.73 Å². The van der Waals surface area contributed by atoms with Crippen LogP contribution in [-0.4, -0.2) is 16.9 Å². The number of nitrogens with zero attached hydrogens (tertiary/aromatic N) is 1. The Morgan fingerprint density at radius 2 is 2.21 bits per heavy atom. The number of thiazole rings is 1. The van der Waals surface area contributed by atoms with Crippen LogP contribution in [0, 0.1) is 17.6 Å². The molecule has 1 amide bonds. The Morgan fingerprint density at radius 3 is 2.92 bits per heavy atom. The monoisotopic (exact) mass is 351 g/mol. The number of amides is 1. The van der Waals surface area contributed by atoms with Gasteiger partial charge in [0.2, 0.25) is 5.91 Å². The van der Waals surface area contributed by atoms with Crippen molar-refractivity contribution >= 4 is 22.4 Å². The molecule has 1 aliphatic rings. The lowest BCUT2D eigenvalue weighted by Gasteiger charge is -2.13. The summed E-state index contributed by atoms with van der Waals surface area (Å²) in [7, 11) is 0. The van der Waals surface area contributed by atoms with Gasteiger partial charge in [-0.25, -0.2) is 13.8 Å². The van der Waals surface area contributed by atoms with E-state index in [1.807, 2.05) is 0 Å². The van der Waals surface area contributed by atoms with Crippen LogP contribution in [0.1, 0.15) is 36.1 Å². The van der Waals surface area contributed by atoms with Crippen LogP contribution >= 0.6 is 11.3 Å². The van der Waals surface area contributed by atoms with Crippen LogP contribution in [0.25, 0.3) is 0 Å². The zero-order chi connectivity index (χ0) is 17.1. The van der Waals surface area contributed by atoms with Gasteiger partial charge in [-0.3, -0.25) is 4.79 Å². The largest absolute Gasteiger partial charge is 0.327 e. The molecule has 1 aliphatic carbocycles. The number of benzene rings is 1. The molecule has 1 aromatic carbocycles. The molecule has 0 aliphatic heterocycles. The number of nitrogens with two attached hydrogens (primary N) is 1. The highest BCUT2D eigenvalue weighted by Gasteiger charge is 2.26. The van der Waals surface area contributed by atoms with Crippen molar-refractivity contribution in [1.82, 2.24) is 4.98 Å². The van der Waals surface area contributed by atoms with Crippen LogP contribution in [0.4, 0.5) is 13.9 Å². The van der Waals surface area contributed by atoms with E-state index in [9.17, 15) is 13.6 Å². The van der Waals surface area contributed by atoms with Gasteiger partial charge in [-0.2, -0.15) is 0 Å². The lowest BCUT2D eigenvalue weighted by molar-refractivity contribution is -0.117. The first kappa shape index (κ1) is 17.0. The number of hydrogen-bond acceptors (Lipinski definition) is 4. The van der Waals surface area contributed by atoms with E-state index in [2.05, 4.69) is 10.3 Å². The predicted octanol–water partition coefficient (Wildman–Crippen LogP) is 3.47. The fourth-order valence-corrected chi connectivity index (χ4v) is 3.88. The molecule has 24 heavy (non-hydrogen) atoms. The topological polar surface area (TPSA) is 68.0 Å². The summed E-state index contributed by atoms with van der Waals surface area (Å²) in [4.78, 5) is 17.0. The van der Waals surface area contributed by atoms with E-state index in [1.54, 1.807) is 6.20 Å². The molecule has 0 spiro atoms. The minimum atomic E-state index is -0.598. The number of carbonyl (C=O) groups is 1. The van der Waals surface area contributed by atoms with Crippen LogP contribution in [0.5, 0.6) is 0 Å². The van der Waals surface area contributed by atoms with Crippen molar-refractivity contribution in [3.05, 3.63) is 46.5 Å². The van der Waals surface area contributed by atoms with Crippen molar-refractivity contribution in [2.24, 2.45) is 11.7 Å². The number of hydrogen-bond donors (Lipinski definition) is 2. The van der Waals surface area contributed by atoms with Gasteiger partial charge in [0.05, 0.1) is 0 Å². The first-order valence-electron chi connectivity index (χ1n) is 7.95. The van der Waals surface area contributed by atoms with Crippen LogP contribution in [-0.2, 0) is 11.2 Å². The Kier molecular flexibility index (Phi) is 5.20. The first-order chi connectivity index (χ1) is 11.5. The number of carbonyl (C=O) groups excluding carboxylic acids is 1. The summed E-state index contributed by atoms with van der Waals surface area (Å²) in [5.74, 6) is -1.04. The van der Waals surface area contributed by atoms with E-state index in [1.165, 1.54) is 23.5 Å². The molecule has 2 aromatic rings. The van der Waals surface area contributed by atoms with E-state index in [0.29, 0.717) is 23.5 Å². The molecule has 0 bridgehead atoms. The molecule has 1 aromatic heterocycles. The summed E-state index contributed by atoms with van der Waals surface area (Å²) in [5, 5.41) is 3.27. The van der Waals surface area contributed by atoms with Gasteiger partial charge < -0.3 is 11.1 Å². The highest BCUT2D eigenvalue weighted by atomic mass is 32.1. The van der Waals surface area contributed by atoms with Crippen molar-refractivity contribution in [3.63, 3.8) is 0 Å². The first-order valence-corrected chi connectivity index (χ1v) is 8.77. The minimum absolute atomic E-state index is 0.0915. The fraction of sp³-hybridized carbons (Fsp3) is 0.412. The minimum Gasteiger partial charge on any atom is -0.327 e.